The third-order valence-electron chi connectivity index (χ3n) is 1.80. The van der Waals surface area contributed by atoms with Gasteiger partial charge >= 0.3 is 0 Å². The van der Waals surface area contributed by atoms with E-state index in [1.54, 1.807) is 18.1 Å². The van der Waals surface area contributed by atoms with Gasteiger partial charge in [0.2, 0.25) is 0 Å². The summed E-state index contributed by atoms with van der Waals surface area (Å²) in [5.74, 6) is 0.976. The molecule has 0 bridgehead atoms. The first-order chi connectivity index (χ1) is 6.33. The number of nitrogens with one attached hydrogen (secondary N) is 1. The van der Waals surface area contributed by atoms with Crippen LogP contribution in [0.3, 0.4) is 0 Å². The Labute approximate surface area is 83.4 Å². The summed E-state index contributed by atoms with van der Waals surface area (Å²) in [6.07, 6.45) is 4.62. The Kier molecular flexibility index (Phi) is 4.02. The molecule has 1 aromatic heterocycles. The van der Waals surface area contributed by atoms with Crippen LogP contribution in [0, 0.1) is 0 Å². The van der Waals surface area contributed by atoms with Crippen LogP contribution in [0.5, 0.6) is 0 Å². The predicted molar refractivity (Wildman–Crippen MR) is 57.4 cm³/mol. The van der Waals surface area contributed by atoms with E-state index in [0.29, 0.717) is 0 Å². The lowest BCUT2D eigenvalue weighted by Gasteiger charge is -2.09. The van der Waals surface area contributed by atoms with Gasteiger partial charge in [-0.1, -0.05) is 6.92 Å². The number of nitrogens with zero attached hydrogens (tertiary/aromatic N) is 2. The molecular formula is C9H15N3S. The summed E-state index contributed by atoms with van der Waals surface area (Å²) >= 11 is 1.67. The number of aromatic nitrogens is 2. The van der Waals surface area contributed by atoms with Crippen LogP contribution < -0.4 is 5.32 Å². The highest BCUT2D eigenvalue weighted by molar-refractivity contribution is 7.98. The molecule has 1 aromatic rings. The molecular weight excluding hydrogens is 182 g/mol. The van der Waals surface area contributed by atoms with E-state index >= 15 is 0 Å². The molecule has 0 aliphatic carbocycles. The Hall–Kier alpha value is -0.770. The van der Waals surface area contributed by atoms with Crippen molar-refractivity contribution in [3.8, 4) is 0 Å². The van der Waals surface area contributed by atoms with Gasteiger partial charge in [-0.15, -0.1) is 11.8 Å². The first kappa shape index (κ1) is 10.3. The van der Waals surface area contributed by atoms with Crippen LogP contribution >= 0.6 is 11.8 Å². The molecule has 0 amide bonds. The lowest BCUT2D eigenvalue weighted by atomic mass is 10.2. The Morgan fingerprint density at radius 3 is 2.69 bits per heavy atom. The van der Waals surface area contributed by atoms with Crippen molar-refractivity contribution in [2.75, 3.05) is 18.1 Å². The topological polar surface area (TPSA) is 37.8 Å². The lowest BCUT2D eigenvalue weighted by Crippen LogP contribution is -2.05. The number of hydrogen-bond acceptors (Lipinski definition) is 4. The third-order valence-corrected chi connectivity index (χ3v) is 2.54. The summed E-state index contributed by atoms with van der Waals surface area (Å²) in [7, 11) is 0. The van der Waals surface area contributed by atoms with E-state index in [1.807, 2.05) is 6.26 Å². The Morgan fingerprint density at radius 1 is 1.38 bits per heavy atom. The molecule has 4 heteroatoms. The first-order valence-electron chi connectivity index (χ1n) is 4.45. The van der Waals surface area contributed by atoms with E-state index in [4.69, 9.17) is 0 Å². The average Bonchev–Trinajstić information content (AvgIpc) is 2.18. The average molecular weight is 197 g/mol. The summed E-state index contributed by atoms with van der Waals surface area (Å²) in [6, 6.07) is 0. The second-order valence-corrected chi connectivity index (χ2v) is 3.39. The van der Waals surface area contributed by atoms with Gasteiger partial charge in [0, 0.05) is 12.1 Å². The number of rotatable bonds is 4. The Morgan fingerprint density at radius 2 is 2.15 bits per heavy atom. The zero-order valence-electron chi connectivity index (χ0n) is 8.29. The zero-order valence-corrected chi connectivity index (χ0v) is 9.11. The van der Waals surface area contributed by atoms with E-state index in [2.05, 4.69) is 29.1 Å². The van der Waals surface area contributed by atoms with Gasteiger partial charge in [-0.3, -0.25) is 0 Å². The van der Waals surface area contributed by atoms with E-state index in [1.165, 1.54) is 5.56 Å². The third kappa shape index (κ3) is 2.34. The molecule has 3 nitrogen and oxygen atoms in total. The fourth-order valence-electron chi connectivity index (χ4n) is 1.21. The van der Waals surface area contributed by atoms with Crippen molar-refractivity contribution in [1.82, 2.24) is 9.97 Å². The molecule has 0 fully saturated rings. The molecule has 0 saturated carbocycles. The number of thioether (sulfide) groups is 1. The van der Waals surface area contributed by atoms with Crippen LogP contribution in [0.25, 0.3) is 0 Å². The van der Waals surface area contributed by atoms with Crippen molar-refractivity contribution in [3.05, 3.63) is 11.9 Å². The van der Waals surface area contributed by atoms with Gasteiger partial charge in [-0.05, 0) is 19.6 Å². The second-order valence-electron chi connectivity index (χ2n) is 2.59. The summed E-state index contributed by atoms with van der Waals surface area (Å²) in [5, 5.41) is 4.31. The maximum absolute atomic E-state index is 4.22. The molecule has 0 aliphatic rings. The minimum absolute atomic E-state index is 0.901. The normalized spacial score (nSPS) is 10.1. The van der Waals surface area contributed by atoms with Crippen molar-refractivity contribution in [2.24, 2.45) is 0 Å². The molecule has 0 saturated heterocycles. The van der Waals surface area contributed by atoms with Gasteiger partial charge in [0.1, 0.15) is 17.2 Å². The highest BCUT2D eigenvalue weighted by atomic mass is 32.2. The molecule has 13 heavy (non-hydrogen) atoms. The van der Waals surface area contributed by atoms with Gasteiger partial charge < -0.3 is 5.32 Å². The van der Waals surface area contributed by atoms with Crippen molar-refractivity contribution in [3.63, 3.8) is 0 Å². The molecule has 1 heterocycles. The van der Waals surface area contributed by atoms with Crippen LogP contribution in [0.2, 0.25) is 0 Å². The summed E-state index contributed by atoms with van der Waals surface area (Å²) in [4.78, 5) is 8.44. The molecule has 72 valence electrons. The minimum atomic E-state index is 0.901. The second kappa shape index (κ2) is 5.07. The zero-order chi connectivity index (χ0) is 9.68. The van der Waals surface area contributed by atoms with Crippen LogP contribution in [-0.4, -0.2) is 22.8 Å². The van der Waals surface area contributed by atoms with Crippen LogP contribution in [0.1, 0.15) is 19.4 Å². The Balaban J connectivity index is 3.03. The highest BCUT2D eigenvalue weighted by Crippen LogP contribution is 2.22. The minimum Gasteiger partial charge on any atom is -0.370 e. The van der Waals surface area contributed by atoms with Crippen molar-refractivity contribution in [2.45, 2.75) is 25.3 Å². The molecule has 0 radical (unpaired) electrons. The summed E-state index contributed by atoms with van der Waals surface area (Å²) < 4.78 is 0. The molecule has 0 atom stereocenters. The van der Waals surface area contributed by atoms with Crippen LogP contribution in [0.4, 0.5) is 5.82 Å². The molecule has 0 unspecified atom stereocenters. The summed E-state index contributed by atoms with van der Waals surface area (Å²) in [5.41, 5.74) is 1.22. The van der Waals surface area contributed by atoms with E-state index in [-0.39, 0.29) is 0 Å². The molecule has 0 aliphatic heterocycles. The van der Waals surface area contributed by atoms with Crippen molar-refractivity contribution < 1.29 is 0 Å². The van der Waals surface area contributed by atoms with Gasteiger partial charge in [0.05, 0.1) is 0 Å². The maximum Gasteiger partial charge on any atom is 0.133 e. The van der Waals surface area contributed by atoms with Gasteiger partial charge in [-0.2, -0.15) is 0 Å². The van der Waals surface area contributed by atoms with Gasteiger partial charge in [0.25, 0.3) is 0 Å². The van der Waals surface area contributed by atoms with Crippen molar-refractivity contribution >= 4 is 17.6 Å². The highest BCUT2D eigenvalue weighted by Gasteiger charge is 2.07. The quantitative estimate of drug-likeness (QED) is 0.593. The van der Waals surface area contributed by atoms with E-state index in [0.717, 1.165) is 23.8 Å². The number of hydrogen-bond donors (Lipinski definition) is 1. The van der Waals surface area contributed by atoms with Crippen LogP contribution in [0.15, 0.2) is 11.4 Å². The van der Waals surface area contributed by atoms with Crippen molar-refractivity contribution in [1.29, 1.82) is 0 Å². The van der Waals surface area contributed by atoms with E-state index in [9.17, 15) is 0 Å². The van der Waals surface area contributed by atoms with E-state index < -0.39 is 0 Å². The monoisotopic (exact) mass is 197 g/mol. The smallest absolute Gasteiger partial charge is 0.133 e. The molecule has 1 N–H and O–H groups in total. The molecule has 0 aromatic carbocycles. The Bertz CT molecular complexity index is 276. The molecule has 1 rings (SSSR count). The molecule has 0 spiro atoms. The fourth-order valence-corrected chi connectivity index (χ4v) is 1.85. The predicted octanol–water partition coefficient (Wildman–Crippen LogP) is 2.19. The standard InChI is InChI=1S/C9H15N3S/c1-4-7-8(10-5-2)11-6-12-9(7)13-3/h6H,4-5H2,1-3H3,(H,10,11,12). The number of anilines is 1. The maximum atomic E-state index is 4.22. The van der Waals surface area contributed by atoms with Gasteiger partial charge in [0.15, 0.2) is 0 Å². The largest absolute Gasteiger partial charge is 0.370 e. The SMILES string of the molecule is CCNc1ncnc(SC)c1CC. The summed E-state index contributed by atoms with van der Waals surface area (Å²) in [6.45, 7) is 5.09. The first-order valence-corrected chi connectivity index (χ1v) is 5.67. The lowest BCUT2D eigenvalue weighted by molar-refractivity contribution is 0.939. The van der Waals surface area contributed by atoms with Gasteiger partial charge in [-0.25, -0.2) is 9.97 Å². The fraction of sp³-hybridized carbons (Fsp3) is 0.556. The van der Waals surface area contributed by atoms with Crippen LogP contribution in [-0.2, 0) is 6.42 Å².